The van der Waals surface area contributed by atoms with Gasteiger partial charge in [-0.3, -0.25) is 4.79 Å². The molecular weight excluding hydrogens is 283 g/mol. The number of hydrogen-bond donors (Lipinski definition) is 1. The maximum atomic E-state index is 11.6. The van der Waals surface area contributed by atoms with Gasteiger partial charge in [-0.1, -0.05) is 29.3 Å². The second-order valence-electron chi connectivity index (χ2n) is 4.45. The zero-order valence-corrected chi connectivity index (χ0v) is 12.6. The third-order valence-electron chi connectivity index (χ3n) is 2.46. The van der Waals surface area contributed by atoms with Crippen molar-refractivity contribution in [1.29, 1.82) is 0 Å². The van der Waals surface area contributed by atoms with Gasteiger partial charge in [0, 0.05) is 22.7 Å². The van der Waals surface area contributed by atoms with Crippen molar-refractivity contribution in [2.24, 2.45) is 0 Å². The molecule has 0 aliphatic carbocycles. The van der Waals surface area contributed by atoms with Crippen LogP contribution in [0.15, 0.2) is 24.3 Å². The van der Waals surface area contributed by atoms with Crippen LogP contribution >= 0.6 is 23.2 Å². The number of amides is 1. The minimum Gasteiger partial charge on any atom is -0.353 e. The lowest BCUT2D eigenvalue weighted by Crippen LogP contribution is -2.25. The molecule has 0 radical (unpaired) electrons. The molecule has 0 spiro atoms. The molecule has 19 heavy (non-hydrogen) atoms. The molecule has 0 atom stereocenters. The van der Waals surface area contributed by atoms with Crippen LogP contribution in [0.25, 0.3) is 6.08 Å². The molecule has 3 nitrogen and oxygen atoms in total. The zero-order valence-electron chi connectivity index (χ0n) is 11.1. The Morgan fingerprint density at radius 2 is 2.11 bits per heavy atom. The number of hydrogen-bond acceptors (Lipinski definition) is 2. The van der Waals surface area contributed by atoms with Crippen LogP contribution in [-0.4, -0.2) is 38.0 Å². The smallest absolute Gasteiger partial charge is 0.244 e. The highest BCUT2D eigenvalue weighted by Gasteiger charge is 1.99. The molecule has 0 bridgehead atoms. The summed E-state index contributed by atoms with van der Waals surface area (Å²) in [5, 5.41) is 3.93. The van der Waals surface area contributed by atoms with Crippen LogP contribution in [0.2, 0.25) is 10.0 Å². The van der Waals surface area contributed by atoms with Crippen LogP contribution < -0.4 is 5.32 Å². The molecule has 0 aliphatic rings. The predicted molar refractivity (Wildman–Crippen MR) is 81.7 cm³/mol. The molecule has 5 heteroatoms. The van der Waals surface area contributed by atoms with E-state index in [1.54, 1.807) is 24.3 Å². The van der Waals surface area contributed by atoms with Gasteiger partial charge in [0.15, 0.2) is 0 Å². The Morgan fingerprint density at radius 1 is 1.37 bits per heavy atom. The molecule has 0 saturated heterocycles. The van der Waals surface area contributed by atoms with E-state index >= 15 is 0 Å². The molecule has 1 aromatic rings. The van der Waals surface area contributed by atoms with E-state index < -0.39 is 0 Å². The first kappa shape index (κ1) is 16.0. The molecule has 0 unspecified atom stereocenters. The highest BCUT2D eigenvalue weighted by Crippen LogP contribution is 2.21. The molecule has 0 fully saturated rings. The van der Waals surface area contributed by atoms with Gasteiger partial charge >= 0.3 is 0 Å². The second-order valence-corrected chi connectivity index (χ2v) is 5.29. The van der Waals surface area contributed by atoms with Gasteiger partial charge in [0.2, 0.25) is 5.91 Å². The van der Waals surface area contributed by atoms with Gasteiger partial charge in [-0.25, -0.2) is 0 Å². The van der Waals surface area contributed by atoms with E-state index in [0.717, 1.165) is 18.5 Å². The Morgan fingerprint density at radius 3 is 2.74 bits per heavy atom. The molecule has 0 aliphatic heterocycles. The lowest BCUT2D eigenvalue weighted by molar-refractivity contribution is -0.116. The first-order valence-corrected chi connectivity index (χ1v) is 6.80. The summed E-state index contributed by atoms with van der Waals surface area (Å²) in [5.74, 6) is -0.121. The summed E-state index contributed by atoms with van der Waals surface area (Å²) in [5.41, 5.74) is 0.773. The highest BCUT2D eigenvalue weighted by molar-refractivity contribution is 6.35. The Kier molecular flexibility index (Phi) is 6.92. The van der Waals surface area contributed by atoms with Crippen LogP contribution in [0, 0.1) is 0 Å². The second kappa shape index (κ2) is 8.20. The Bertz CT molecular complexity index is 459. The summed E-state index contributed by atoms with van der Waals surface area (Å²) in [6, 6.07) is 5.17. The average Bonchev–Trinajstić information content (AvgIpc) is 2.33. The fourth-order valence-electron chi connectivity index (χ4n) is 1.47. The number of benzene rings is 1. The third-order valence-corrected chi connectivity index (χ3v) is 3.02. The van der Waals surface area contributed by atoms with Crippen LogP contribution in [0.3, 0.4) is 0 Å². The molecule has 0 saturated carbocycles. The van der Waals surface area contributed by atoms with E-state index in [2.05, 4.69) is 10.2 Å². The van der Waals surface area contributed by atoms with E-state index in [1.807, 2.05) is 14.1 Å². The molecular formula is C14H18Cl2N2O. The fourth-order valence-corrected chi connectivity index (χ4v) is 1.94. The normalized spacial score (nSPS) is 11.2. The zero-order chi connectivity index (χ0) is 14.3. The van der Waals surface area contributed by atoms with Gasteiger partial charge in [-0.05, 0) is 50.8 Å². The van der Waals surface area contributed by atoms with Crippen molar-refractivity contribution >= 4 is 35.2 Å². The Labute approximate surface area is 124 Å². The van der Waals surface area contributed by atoms with Crippen molar-refractivity contribution in [1.82, 2.24) is 10.2 Å². The van der Waals surface area contributed by atoms with E-state index in [-0.39, 0.29) is 5.91 Å². The summed E-state index contributed by atoms with van der Waals surface area (Å²) in [4.78, 5) is 13.6. The monoisotopic (exact) mass is 300 g/mol. The summed E-state index contributed by atoms with van der Waals surface area (Å²) in [7, 11) is 4.01. The maximum Gasteiger partial charge on any atom is 0.244 e. The minimum absolute atomic E-state index is 0.121. The number of carbonyl (C=O) groups is 1. The highest BCUT2D eigenvalue weighted by atomic mass is 35.5. The molecule has 104 valence electrons. The van der Waals surface area contributed by atoms with Crippen LogP contribution in [0.4, 0.5) is 0 Å². The number of nitrogens with zero attached hydrogens (tertiary/aromatic N) is 1. The standard InChI is InChI=1S/C14H18Cl2N2O/c1-18(2)9-3-8-17-14(19)7-5-11-4-6-12(15)10-13(11)16/h4-7,10H,3,8-9H2,1-2H3,(H,17,19). The lowest BCUT2D eigenvalue weighted by atomic mass is 10.2. The predicted octanol–water partition coefficient (Wildman–Crippen LogP) is 3.07. The van der Waals surface area contributed by atoms with Crippen LogP contribution in [0.5, 0.6) is 0 Å². The Balaban J connectivity index is 2.41. The van der Waals surface area contributed by atoms with Crippen molar-refractivity contribution in [3.05, 3.63) is 39.9 Å². The first-order chi connectivity index (χ1) is 8.99. The minimum atomic E-state index is -0.121. The van der Waals surface area contributed by atoms with Gasteiger partial charge in [0.05, 0.1) is 0 Å². The summed E-state index contributed by atoms with van der Waals surface area (Å²) >= 11 is 11.8. The average molecular weight is 301 g/mol. The van der Waals surface area contributed by atoms with E-state index in [9.17, 15) is 4.79 Å². The van der Waals surface area contributed by atoms with Gasteiger partial charge in [-0.2, -0.15) is 0 Å². The number of halogens is 2. The van der Waals surface area contributed by atoms with Gasteiger partial charge in [0.1, 0.15) is 0 Å². The molecule has 1 aromatic carbocycles. The number of rotatable bonds is 6. The van der Waals surface area contributed by atoms with E-state index in [0.29, 0.717) is 16.6 Å². The maximum absolute atomic E-state index is 11.6. The topological polar surface area (TPSA) is 32.3 Å². The summed E-state index contributed by atoms with van der Waals surface area (Å²) in [6.45, 7) is 1.61. The fraction of sp³-hybridized carbons (Fsp3) is 0.357. The SMILES string of the molecule is CN(C)CCCNC(=O)C=Cc1ccc(Cl)cc1Cl. The summed E-state index contributed by atoms with van der Waals surface area (Å²) in [6.07, 6.45) is 4.08. The van der Waals surface area contributed by atoms with Gasteiger partial charge < -0.3 is 10.2 Å². The van der Waals surface area contributed by atoms with Crippen molar-refractivity contribution in [3.63, 3.8) is 0 Å². The summed E-state index contributed by atoms with van der Waals surface area (Å²) < 4.78 is 0. The van der Waals surface area contributed by atoms with Crippen molar-refractivity contribution in [3.8, 4) is 0 Å². The van der Waals surface area contributed by atoms with Crippen molar-refractivity contribution in [2.45, 2.75) is 6.42 Å². The van der Waals surface area contributed by atoms with Crippen molar-refractivity contribution in [2.75, 3.05) is 27.2 Å². The first-order valence-electron chi connectivity index (χ1n) is 6.05. The quantitative estimate of drug-likeness (QED) is 0.647. The molecule has 1 N–H and O–H groups in total. The molecule has 1 rings (SSSR count). The van der Waals surface area contributed by atoms with Gasteiger partial charge in [-0.15, -0.1) is 0 Å². The van der Waals surface area contributed by atoms with Crippen LogP contribution in [-0.2, 0) is 4.79 Å². The van der Waals surface area contributed by atoms with Crippen LogP contribution in [0.1, 0.15) is 12.0 Å². The number of carbonyl (C=O) groups excluding carboxylic acids is 1. The molecule has 0 heterocycles. The molecule has 1 amide bonds. The van der Waals surface area contributed by atoms with Gasteiger partial charge in [0.25, 0.3) is 0 Å². The largest absolute Gasteiger partial charge is 0.353 e. The molecule has 0 aromatic heterocycles. The van der Waals surface area contributed by atoms with Crippen molar-refractivity contribution < 1.29 is 4.79 Å². The van der Waals surface area contributed by atoms with E-state index in [4.69, 9.17) is 23.2 Å². The third kappa shape index (κ3) is 6.62. The van der Waals surface area contributed by atoms with E-state index in [1.165, 1.54) is 6.08 Å². The lowest BCUT2D eigenvalue weighted by Gasteiger charge is -2.08. The number of nitrogens with one attached hydrogen (secondary N) is 1. The Hall–Kier alpha value is -1.03.